The van der Waals surface area contributed by atoms with Gasteiger partial charge in [0.1, 0.15) is 11.6 Å². The van der Waals surface area contributed by atoms with Crippen LogP contribution >= 0.6 is 0 Å². The average molecular weight is 226 g/mol. The molecule has 1 atom stereocenters. The summed E-state index contributed by atoms with van der Waals surface area (Å²) in [5.74, 6) is 0.336. The van der Waals surface area contributed by atoms with E-state index in [1.165, 1.54) is 6.07 Å². The molecule has 0 fully saturated rings. The minimum absolute atomic E-state index is 0.273. The number of hydrogen-bond donors (Lipinski definition) is 1. The first-order chi connectivity index (χ1) is 7.51. The second-order valence-corrected chi connectivity index (χ2v) is 4.06. The van der Waals surface area contributed by atoms with E-state index in [-0.39, 0.29) is 5.82 Å². The standard InChI is InChI=1S/C13H19FO2/c1-5-11-10(6-8(2)15)7-12(14)9(3)13(11)16-4/h7-8,15H,5-6H2,1-4H3. The largest absolute Gasteiger partial charge is 0.496 e. The van der Waals surface area contributed by atoms with Crippen LogP contribution in [0, 0.1) is 12.7 Å². The molecule has 1 N–H and O–H groups in total. The zero-order valence-corrected chi connectivity index (χ0v) is 10.3. The summed E-state index contributed by atoms with van der Waals surface area (Å²) in [4.78, 5) is 0. The van der Waals surface area contributed by atoms with Crippen molar-refractivity contribution in [2.75, 3.05) is 7.11 Å². The van der Waals surface area contributed by atoms with Crippen LogP contribution in [0.15, 0.2) is 6.07 Å². The minimum Gasteiger partial charge on any atom is -0.496 e. The van der Waals surface area contributed by atoms with Crippen molar-refractivity contribution in [3.05, 3.63) is 28.6 Å². The second kappa shape index (κ2) is 5.30. The number of methoxy groups -OCH3 is 1. The van der Waals surface area contributed by atoms with Crippen molar-refractivity contribution < 1.29 is 14.2 Å². The molecule has 0 saturated carbocycles. The first-order valence-corrected chi connectivity index (χ1v) is 5.54. The third-order valence-electron chi connectivity index (χ3n) is 2.73. The molecule has 0 aliphatic heterocycles. The van der Waals surface area contributed by atoms with Crippen molar-refractivity contribution in [1.82, 2.24) is 0 Å². The normalized spacial score (nSPS) is 12.6. The Kier molecular flexibility index (Phi) is 4.30. The van der Waals surface area contributed by atoms with Gasteiger partial charge in [-0.1, -0.05) is 6.92 Å². The molecule has 16 heavy (non-hydrogen) atoms. The summed E-state index contributed by atoms with van der Waals surface area (Å²) in [6.07, 6.45) is 0.750. The summed E-state index contributed by atoms with van der Waals surface area (Å²) in [5, 5.41) is 9.39. The zero-order valence-electron chi connectivity index (χ0n) is 10.3. The van der Waals surface area contributed by atoms with Crippen molar-refractivity contribution in [3.63, 3.8) is 0 Å². The molecule has 0 spiro atoms. The highest BCUT2D eigenvalue weighted by atomic mass is 19.1. The van der Waals surface area contributed by atoms with Gasteiger partial charge in [-0.2, -0.15) is 0 Å². The Morgan fingerprint density at radius 1 is 1.50 bits per heavy atom. The van der Waals surface area contributed by atoms with Gasteiger partial charge in [0.25, 0.3) is 0 Å². The lowest BCUT2D eigenvalue weighted by Gasteiger charge is -2.16. The lowest BCUT2D eigenvalue weighted by atomic mass is 9.96. The van der Waals surface area contributed by atoms with Crippen LogP contribution in [0.5, 0.6) is 5.75 Å². The monoisotopic (exact) mass is 226 g/mol. The van der Waals surface area contributed by atoms with Crippen LogP contribution in [-0.4, -0.2) is 18.3 Å². The van der Waals surface area contributed by atoms with Crippen LogP contribution in [0.2, 0.25) is 0 Å². The molecule has 0 aliphatic rings. The van der Waals surface area contributed by atoms with Crippen LogP contribution in [-0.2, 0) is 12.8 Å². The molecule has 3 heteroatoms. The first kappa shape index (κ1) is 13.0. The average Bonchev–Trinajstić information content (AvgIpc) is 2.21. The van der Waals surface area contributed by atoms with Gasteiger partial charge in [0.05, 0.1) is 13.2 Å². The number of benzene rings is 1. The Bertz CT molecular complexity index is 373. The van der Waals surface area contributed by atoms with Crippen molar-refractivity contribution >= 4 is 0 Å². The zero-order chi connectivity index (χ0) is 12.3. The van der Waals surface area contributed by atoms with Crippen LogP contribution in [0.3, 0.4) is 0 Å². The maximum absolute atomic E-state index is 13.6. The summed E-state index contributed by atoms with van der Waals surface area (Å²) in [5.41, 5.74) is 2.36. The molecular formula is C13H19FO2. The van der Waals surface area contributed by atoms with E-state index in [9.17, 15) is 9.50 Å². The Morgan fingerprint density at radius 3 is 2.56 bits per heavy atom. The third-order valence-corrected chi connectivity index (χ3v) is 2.73. The van der Waals surface area contributed by atoms with E-state index < -0.39 is 6.10 Å². The molecule has 2 nitrogen and oxygen atoms in total. The summed E-state index contributed by atoms with van der Waals surface area (Å²) in [7, 11) is 1.55. The third kappa shape index (κ3) is 2.53. The molecule has 1 aromatic carbocycles. The van der Waals surface area contributed by atoms with Crippen LogP contribution < -0.4 is 4.74 Å². The number of aliphatic hydroxyl groups excluding tert-OH is 1. The molecule has 0 saturated heterocycles. The molecular weight excluding hydrogens is 207 g/mol. The van der Waals surface area contributed by atoms with Gasteiger partial charge in [0.2, 0.25) is 0 Å². The quantitative estimate of drug-likeness (QED) is 0.855. The van der Waals surface area contributed by atoms with Crippen molar-refractivity contribution in [1.29, 1.82) is 0 Å². The second-order valence-electron chi connectivity index (χ2n) is 4.06. The van der Waals surface area contributed by atoms with Crippen LogP contribution in [0.4, 0.5) is 4.39 Å². The predicted molar refractivity (Wildman–Crippen MR) is 62.5 cm³/mol. The number of aliphatic hydroxyl groups is 1. The molecule has 1 rings (SSSR count). The highest BCUT2D eigenvalue weighted by Gasteiger charge is 2.15. The molecule has 0 aliphatic carbocycles. The number of hydrogen-bond acceptors (Lipinski definition) is 2. The van der Waals surface area contributed by atoms with Gasteiger partial charge in [-0.05, 0) is 43.9 Å². The molecule has 0 bridgehead atoms. The maximum atomic E-state index is 13.6. The predicted octanol–water partition coefficient (Wildman–Crippen LogP) is 2.63. The van der Waals surface area contributed by atoms with E-state index in [0.717, 1.165) is 17.5 Å². The van der Waals surface area contributed by atoms with E-state index in [2.05, 4.69) is 0 Å². The fourth-order valence-corrected chi connectivity index (χ4v) is 1.99. The smallest absolute Gasteiger partial charge is 0.130 e. The molecule has 0 heterocycles. The van der Waals surface area contributed by atoms with Crippen molar-refractivity contribution in [2.24, 2.45) is 0 Å². The molecule has 0 radical (unpaired) electrons. The van der Waals surface area contributed by atoms with Crippen molar-refractivity contribution in [3.8, 4) is 5.75 Å². The first-order valence-electron chi connectivity index (χ1n) is 5.54. The number of halogens is 1. The van der Waals surface area contributed by atoms with Gasteiger partial charge in [-0.25, -0.2) is 4.39 Å². The Morgan fingerprint density at radius 2 is 2.12 bits per heavy atom. The molecule has 0 aromatic heterocycles. The fourth-order valence-electron chi connectivity index (χ4n) is 1.99. The maximum Gasteiger partial charge on any atom is 0.130 e. The van der Waals surface area contributed by atoms with Gasteiger partial charge in [-0.15, -0.1) is 0 Å². The van der Waals surface area contributed by atoms with Crippen molar-refractivity contribution in [2.45, 2.75) is 39.7 Å². The highest BCUT2D eigenvalue weighted by molar-refractivity contribution is 5.47. The van der Waals surface area contributed by atoms with E-state index in [1.807, 2.05) is 6.92 Å². The van der Waals surface area contributed by atoms with Gasteiger partial charge in [0.15, 0.2) is 0 Å². The molecule has 0 amide bonds. The Balaban J connectivity index is 3.31. The summed E-state index contributed by atoms with van der Waals surface area (Å²) < 4.78 is 18.9. The highest BCUT2D eigenvalue weighted by Crippen LogP contribution is 2.30. The van der Waals surface area contributed by atoms with Gasteiger partial charge < -0.3 is 9.84 Å². The van der Waals surface area contributed by atoms with Gasteiger partial charge in [0, 0.05) is 5.56 Å². The summed E-state index contributed by atoms with van der Waals surface area (Å²) in [6.45, 7) is 5.41. The summed E-state index contributed by atoms with van der Waals surface area (Å²) in [6, 6.07) is 1.50. The van der Waals surface area contributed by atoms with E-state index in [0.29, 0.717) is 17.7 Å². The molecule has 90 valence electrons. The van der Waals surface area contributed by atoms with Gasteiger partial charge in [-0.3, -0.25) is 0 Å². The van der Waals surface area contributed by atoms with E-state index in [1.54, 1.807) is 21.0 Å². The summed E-state index contributed by atoms with van der Waals surface area (Å²) >= 11 is 0. The topological polar surface area (TPSA) is 29.5 Å². The lowest BCUT2D eigenvalue weighted by molar-refractivity contribution is 0.195. The minimum atomic E-state index is -0.475. The number of ether oxygens (including phenoxy) is 1. The molecule has 1 aromatic rings. The fraction of sp³-hybridized carbons (Fsp3) is 0.538. The Hall–Kier alpha value is -1.09. The lowest BCUT2D eigenvalue weighted by Crippen LogP contribution is -2.09. The molecule has 1 unspecified atom stereocenters. The SMILES string of the molecule is CCc1c(CC(C)O)cc(F)c(C)c1OC. The van der Waals surface area contributed by atoms with Gasteiger partial charge >= 0.3 is 0 Å². The van der Waals surface area contributed by atoms with E-state index in [4.69, 9.17) is 4.74 Å². The van der Waals surface area contributed by atoms with Crippen LogP contribution in [0.1, 0.15) is 30.5 Å². The number of rotatable bonds is 4. The van der Waals surface area contributed by atoms with E-state index >= 15 is 0 Å². The Labute approximate surface area is 96.1 Å². The van der Waals surface area contributed by atoms with Crippen LogP contribution in [0.25, 0.3) is 0 Å².